The fraction of sp³-hybridized carbons (Fsp3) is 0.400. The van der Waals surface area contributed by atoms with Gasteiger partial charge in [-0.1, -0.05) is 31.2 Å². The van der Waals surface area contributed by atoms with Crippen LogP contribution in [0.25, 0.3) is 5.65 Å². The second-order valence-electron chi connectivity index (χ2n) is 11.0. The van der Waals surface area contributed by atoms with E-state index in [0.717, 1.165) is 48.5 Å². The Morgan fingerprint density at radius 2 is 1.98 bits per heavy atom. The number of carboxylic acid groups (broad SMARTS) is 1. The molecule has 3 aromatic heterocycles. The molecule has 228 valence electrons. The lowest BCUT2D eigenvalue weighted by molar-refractivity contribution is -0.137. The third kappa shape index (κ3) is 5.59. The number of anilines is 1. The first kappa shape index (κ1) is 30.8. The van der Waals surface area contributed by atoms with Gasteiger partial charge in [0.1, 0.15) is 22.4 Å². The van der Waals surface area contributed by atoms with E-state index in [1.165, 1.54) is 4.31 Å². The maximum absolute atomic E-state index is 14.3. The number of benzene rings is 1. The number of fused-ring (bicyclic) bond motifs is 4. The van der Waals surface area contributed by atoms with Crippen molar-refractivity contribution in [1.82, 2.24) is 23.9 Å². The summed E-state index contributed by atoms with van der Waals surface area (Å²) in [4.78, 5) is 18.0. The molecule has 10 nitrogen and oxygen atoms in total. The predicted octanol–water partition coefficient (Wildman–Crippen LogP) is 5.34. The lowest BCUT2D eigenvalue weighted by atomic mass is 9.86. The zero-order valence-corrected chi connectivity index (χ0v) is 24.7. The Kier molecular flexibility index (Phi) is 8.47. The molecule has 0 saturated carbocycles. The number of carboxylic acids is 1. The summed E-state index contributed by atoms with van der Waals surface area (Å²) in [7, 11) is -4.13. The number of pyridine rings is 2. The maximum Gasteiger partial charge on any atom is 0.304 e. The van der Waals surface area contributed by atoms with Crippen molar-refractivity contribution in [3.8, 4) is 0 Å². The van der Waals surface area contributed by atoms with E-state index in [2.05, 4.69) is 15.2 Å². The minimum atomic E-state index is -4.13. The van der Waals surface area contributed by atoms with Crippen molar-refractivity contribution in [1.29, 1.82) is 0 Å². The Bertz CT molecular complexity index is 1810. The normalized spacial score (nSPS) is 18.8. The summed E-state index contributed by atoms with van der Waals surface area (Å²) < 4.78 is 45.4. The molecule has 0 aliphatic carbocycles. The fourth-order valence-electron chi connectivity index (χ4n) is 6.20. The third-order valence-corrected chi connectivity index (χ3v) is 10.5. The predicted molar refractivity (Wildman–Crippen MR) is 162 cm³/mol. The molecule has 4 aromatic rings. The van der Waals surface area contributed by atoms with Crippen LogP contribution >= 0.6 is 11.6 Å². The number of piperidine rings is 1. The Hall–Kier alpha value is -3.61. The van der Waals surface area contributed by atoms with Crippen molar-refractivity contribution in [2.75, 3.05) is 18.0 Å². The lowest BCUT2D eigenvalue weighted by Crippen LogP contribution is -2.45. The van der Waals surface area contributed by atoms with E-state index in [1.807, 2.05) is 35.4 Å². The van der Waals surface area contributed by atoms with Crippen LogP contribution in [-0.2, 0) is 21.4 Å². The van der Waals surface area contributed by atoms with Crippen molar-refractivity contribution in [3.63, 3.8) is 0 Å². The zero-order valence-electron chi connectivity index (χ0n) is 23.2. The molecule has 2 atom stereocenters. The molecule has 2 aliphatic heterocycles. The first-order valence-corrected chi connectivity index (χ1v) is 15.6. The largest absolute Gasteiger partial charge is 0.481 e. The van der Waals surface area contributed by atoms with E-state index in [1.54, 1.807) is 18.2 Å². The van der Waals surface area contributed by atoms with Gasteiger partial charge in [-0.25, -0.2) is 17.8 Å². The van der Waals surface area contributed by atoms with E-state index in [9.17, 15) is 22.7 Å². The van der Waals surface area contributed by atoms with Gasteiger partial charge in [-0.2, -0.15) is 4.31 Å². The molecule has 43 heavy (non-hydrogen) atoms. The van der Waals surface area contributed by atoms with E-state index in [-0.39, 0.29) is 43.7 Å². The molecule has 0 amide bonds. The molecule has 0 spiro atoms. The topological polar surface area (TPSA) is 121 Å². The molecule has 1 aromatic carbocycles. The number of aliphatic carboxylic acids is 1. The van der Waals surface area contributed by atoms with Crippen LogP contribution in [0.2, 0.25) is 5.02 Å². The van der Waals surface area contributed by atoms with Gasteiger partial charge in [-0.15, -0.1) is 10.2 Å². The number of sulfonamides is 1. The van der Waals surface area contributed by atoms with E-state index in [0.29, 0.717) is 28.3 Å². The van der Waals surface area contributed by atoms with Gasteiger partial charge >= 0.3 is 5.97 Å². The van der Waals surface area contributed by atoms with Crippen molar-refractivity contribution >= 4 is 39.1 Å². The average molecular weight is 629 g/mol. The van der Waals surface area contributed by atoms with Gasteiger partial charge in [-0.3, -0.25) is 9.20 Å². The second-order valence-corrected chi connectivity index (χ2v) is 13.3. The van der Waals surface area contributed by atoms with Gasteiger partial charge in [0, 0.05) is 42.8 Å². The van der Waals surface area contributed by atoms with Crippen molar-refractivity contribution in [2.45, 2.75) is 70.4 Å². The Morgan fingerprint density at radius 3 is 2.74 bits per heavy atom. The summed E-state index contributed by atoms with van der Waals surface area (Å²) in [6.45, 7) is 4.50. The van der Waals surface area contributed by atoms with Crippen LogP contribution in [0.5, 0.6) is 0 Å². The fourth-order valence-corrected chi connectivity index (χ4v) is 8.00. The average Bonchev–Trinajstić information content (AvgIpc) is 3.30. The van der Waals surface area contributed by atoms with Gasteiger partial charge in [0.05, 0.1) is 12.6 Å². The molecule has 1 fully saturated rings. The van der Waals surface area contributed by atoms with Crippen LogP contribution in [-0.4, -0.2) is 62.5 Å². The second kappa shape index (κ2) is 11.8. The highest BCUT2D eigenvalue weighted by Crippen LogP contribution is 2.38. The number of aromatic nitrogens is 4. The number of rotatable bonds is 6. The molecular weight excluding hydrogens is 595 g/mol. The van der Waals surface area contributed by atoms with Crippen LogP contribution in [0.15, 0.2) is 47.6 Å². The van der Waals surface area contributed by atoms with Gasteiger partial charge in [-0.05, 0) is 73.6 Å². The van der Waals surface area contributed by atoms with E-state index >= 15 is 0 Å². The number of nitrogens with zero attached hydrogens (tertiary/aromatic N) is 6. The number of carbonyl (C=O) groups is 1. The number of hydrogen-bond donors (Lipinski definition) is 1. The van der Waals surface area contributed by atoms with Crippen LogP contribution in [0.1, 0.15) is 67.1 Å². The summed E-state index contributed by atoms with van der Waals surface area (Å²) in [5, 5.41) is 18.6. The SMILES string of the molecule is C.Cc1c([C@H](CC(=O)O)c2ccc(Cl)c(CN3CC4CCCCN4c4ncc(F)cc4S3(=O)=O)c2)ccn2c(C)nnc12. The van der Waals surface area contributed by atoms with Crippen LogP contribution in [0.4, 0.5) is 10.2 Å². The molecule has 0 radical (unpaired) electrons. The summed E-state index contributed by atoms with van der Waals surface area (Å²) in [6.07, 6.45) is 5.31. The molecule has 13 heteroatoms. The Labute approximate surface area is 255 Å². The highest BCUT2D eigenvalue weighted by Gasteiger charge is 2.40. The maximum atomic E-state index is 14.3. The number of hydrogen-bond acceptors (Lipinski definition) is 7. The van der Waals surface area contributed by atoms with Gasteiger partial charge in [0.25, 0.3) is 0 Å². The van der Waals surface area contributed by atoms with E-state index < -0.39 is 27.7 Å². The molecule has 1 N–H and O–H groups in total. The van der Waals surface area contributed by atoms with E-state index in [4.69, 9.17) is 11.6 Å². The van der Waals surface area contributed by atoms with Crippen molar-refractivity contribution < 1.29 is 22.7 Å². The van der Waals surface area contributed by atoms with Crippen LogP contribution in [0, 0.1) is 19.7 Å². The lowest BCUT2D eigenvalue weighted by Gasteiger charge is -2.36. The summed E-state index contributed by atoms with van der Waals surface area (Å²) in [5.41, 5.74) is 3.43. The summed E-state index contributed by atoms with van der Waals surface area (Å²) >= 11 is 6.64. The Morgan fingerprint density at radius 1 is 1.19 bits per heavy atom. The molecule has 5 heterocycles. The highest BCUT2D eigenvalue weighted by molar-refractivity contribution is 7.89. The van der Waals surface area contributed by atoms with Crippen molar-refractivity contribution in [2.24, 2.45) is 0 Å². The molecule has 6 rings (SSSR count). The molecule has 0 bridgehead atoms. The van der Waals surface area contributed by atoms with Crippen LogP contribution in [0.3, 0.4) is 0 Å². The van der Waals surface area contributed by atoms with Crippen LogP contribution < -0.4 is 4.90 Å². The monoisotopic (exact) mass is 628 g/mol. The number of halogens is 2. The highest BCUT2D eigenvalue weighted by atomic mass is 35.5. The molecule has 1 unspecified atom stereocenters. The van der Waals surface area contributed by atoms with Gasteiger partial charge in [0.15, 0.2) is 5.65 Å². The van der Waals surface area contributed by atoms with Gasteiger partial charge < -0.3 is 10.0 Å². The number of aryl methyl sites for hydroxylation is 2. The summed E-state index contributed by atoms with van der Waals surface area (Å²) in [5.74, 6) is -1.25. The first-order valence-electron chi connectivity index (χ1n) is 13.8. The Balaban J connectivity index is 0.00000368. The third-order valence-electron chi connectivity index (χ3n) is 8.34. The standard InChI is InChI=1S/C29H30ClFN6O4S.CH4/c1-17-23(8-10-36-18(2)33-34-28(17)36)24(13-27(38)39)19-6-7-25(30)20(11-19)15-35-16-22-5-3-4-9-37(22)29-26(42(35,40)41)12-21(31)14-32-29;/h6-8,10-12,14,22,24H,3-5,9,13,15-16H2,1-2H3,(H,38,39);1H4/t22?,24-;/m1./s1. The quantitative estimate of drug-likeness (QED) is 0.304. The minimum absolute atomic E-state index is 0. The first-order chi connectivity index (χ1) is 20.0. The molecular formula is C30H34ClFN6O4S. The van der Waals surface area contributed by atoms with Gasteiger partial charge in [0.2, 0.25) is 10.0 Å². The minimum Gasteiger partial charge on any atom is -0.481 e. The van der Waals surface area contributed by atoms with Crippen molar-refractivity contribution in [3.05, 3.63) is 81.6 Å². The smallest absolute Gasteiger partial charge is 0.304 e. The zero-order chi connectivity index (χ0) is 29.8. The molecule has 2 aliphatic rings. The summed E-state index contributed by atoms with van der Waals surface area (Å²) in [6, 6.07) is 8.01. The molecule has 1 saturated heterocycles.